The lowest BCUT2D eigenvalue weighted by Crippen LogP contribution is -2.56. The van der Waals surface area contributed by atoms with Crippen LogP contribution in [0.5, 0.6) is 11.8 Å². The van der Waals surface area contributed by atoms with Gasteiger partial charge in [-0.25, -0.2) is 28.5 Å². The molecule has 482 valence electrons. The molecule has 4 aliphatic heterocycles. The summed E-state index contributed by atoms with van der Waals surface area (Å²) in [7, 11) is 0. The summed E-state index contributed by atoms with van der Waals surface area (Å²) in [5.41, 5.74) is 0.243. The summed E-state index contributed by atoms with van der Waals surface area (Å²) >= 11 is 0. The monoisotopic (exact) mass is 1250 g/mol. The average Bonchev–Trinajstić information content (AvgIpc) is 2.13. The maximum Gasteiger partial charge on any atom is 0.409 e. The number of nitrogens with one attached hydrogen (secondary N) is 2. The van der Waals surface area contributed by atoms with Gasteiger partial charge >= 0.3 is 36.1 Å². The molecule has 2 aromatic carbocycles. The maximum atomic E-state index is 14.0. The Labute approximate surface area is 514 Å². The summed E-state index contributed by atoms with van der Waals surface area (Å²) in [6.45, 7) is 2.47. The van der Waals surface area contributed by atoms with Gasteiger partial charge < -0.3 is 79.0 Å². The second-order valence-corrected chi connectivity index (χ2v) is 21.2. The van der Waals surface area contributed by atoms with E-state index in [-0.39, 0.29) is 134 Å². The van der Waals surface area contributed by atoms with Crippen LogP contribution < -0.4 is 20.1 Å². The molecule has 6 heterocycles. The largest absolute Gasteiger partial charge is 0.481 e. The van der Waals surface area contributed by atoms with Crippen molar-refractivity contribution in [1.29, 1.82) is 0 Å². The molecule has 8 amide bonds. The van der Waals surface area contributed by atoms with Crippen molar-refractivity contribution in [1.82, 2.24) is 59.6 Å². The number of piperazine rings is 2. The van der Waals surface area contributed by atoms with Gasteiger partial charge in [-0.1, -0.05) is 36.4 Å². The van der Waals surface area contributed by atoms with Crippen LogP contribution in [0, 0.1) is 0 Å². The van der Waals surface area contributed by atoms with Gasteiger partial charge in [0.2, 0.25) is 23.6 Å². The molecular weight excluding hydrogens is 1180 g/mol. The van der Waals surface area contributed by atoms with Crippen LogP contribution in [-0.4, -0.2) is 258 Å². The number of amides is 8. The second kappa shape index (κ2) is 30.6. The van der Waals surface area contributed by atoms with Crippen molar-refractivity contribution in [2.24, 2.45) is 0 Å². The SMILES string of the molecule is CCOC(=O)CC[C@H](NC(=O)c1cc(OCC(=O)N2CCC[C@H]2C(=O)O[C@@H]2C[C@@H](C(=O)O)N(C(=O)COc3cc(C(=O)N[C@@H](CCC(=O)O)C(=O)N4CCN(C(=O)O)CC4)nn3-c3ccccc3)C2)n(-c2ccccc2)n1)C(=O)N1CCN(C(=O)OCC)CC1. The number of carbonyl (C=O) groups excluding carboxylic acids is 9. The third-order valence-corrected chi connectivity index (χ3v) is 15.3. The van der Waals surface area contributed by atoms with Gasteiger partial charge in [-0.2, -0.15) is 10.2 Å². The molecule has 4 saturated heterocycles. The highest BCUT2D eigenvalue weighted by molar-refractivity contribution is 5.98. The third-order valence-electron chi connectivity index (χ3n) is 15.3. The molecule has 90 heavy (non-hydrogen) atoms. The fourth-order valence-electron chi connectivity index (χ4n) is 10.7. The van der Waals surface area contributed by atoms with Gasteiger partial charge in [-0.05, 0) is 63.8 Å². The highest BCUT2D eigenvalue weighted by atomic mass is 16.6. The lowest BCUT2D eigenvalue weighted by atomic mass is 10.1. The Morgan fingerprint density at radius 3 is 1.53 bits per heavy atom. The van der Waals surface area contributed by atoms with Crippen LogP contribution in [0.2, 0.25) is 0 Å². The van der Waals surface area contributed by atoms with E-state index >= 15 is 0 Å². The van der Waals surface area contributed by atoms with Gasteiger partial charge in [-0.3, -0.25) is 38.4 Å². The zero-order chi connectivity index (χ0) is 64.6. The molecule has 2 aromatic heterocycles. The first-order valence-electron chi connectivity index (χ1n) is 29.3. The lowest BCUT2D eigenvalue weighted by molar-refractivity contribution is -0.158. The molecule has 5 N–H and O–H groups in total. The standard InChI is InChI=1S/C58H70N12O20/c1-3-86-50(75)20-18-40(54(79)64-24-28-66(29-25-64)58(85)87-4-2)60-52(77)42-31-47(69(62-42)36-12-7-5-8-13-36)88-34-45(71)67-21-11-16-43(67)56(82)90-38-30-44(55(80)81)68(33-38)46(72)35-89-48-32-41(61-70(48)37-14-9-6-10-15-37)51(76)59-39(17-19-49(73)74)53(78)63-22-26-65(27-23-63)57(83)84/h5-10,12-15,31-32,38-40,43-44H,3-4,11,16-30,33-35H2,1-2H3,(H,59,76)(H,60,77)(H,73,74)(H,80,81)(H,83,84)/t38-,39+,40+,43+,44+/m1/s1. The first kappa shape index (κ1) is 65.7. The predicted octanol–water partition coefficient (Wildman–Crippen LogP) is 0.632. The van der Waals surface area contributed by atoms with Gasteiger partial charge in [0.1, 0.15) is 30.3 Å². The fourth-order valence-corrected chi connectivity index (χ4v) is 10.7. The van der Waals surface area contributed by atoms with Gasteiger partial charge in [0, 0.05) is 90.3 Å². The Kier molecular flexibility index (Phi) is 22.3. The number of carboxylic acids is 2. The van der Waals surface area contributed by atoms with Crippen molar-refractivity contribution < 1.29 is 96.5 Å². The average molecular weight is 1260 g/mol. The normalized spacial score (nSPS) is 18.0. The highest BCUT2D eigenvalue weighted by Crippen LogP contribution is 2.28. The number of hydrogen-bond acceptors (Lipinski definition) is 19. The smallest absolute Gasteiger partial charge is 0.409 e. The number of ether oxygens (including phenoxy) is 5. The van der Waals surface area contributed by atoms with Gasteiger partial charge in [0.05, 0.1) is 31.1 Å². The van der Waals surface area contributed by atoms with E-state index in [1.165, 1.54) is 41.1 Å². The zero-order valence-electron chi connectivity index (χ0n) is 49.4. The summed E-state index contributed by atoms with van der Waals surface area (Å²) in [4.78, 5) is 165. The minimum Gasteiger partial charge on any atom is -0.481 e. The van der Waals surface area contributed by atoms with E-state index in [0.717, 1.165) is 9.80 Å². The molecule has 4 aromatic rings. The van der Waals surface area contributed by atoms with Crippen LogP contribution in [-0.2, 0) is 52.6 Å². The topological polar surface area (TPSA) is 391 Å². The highest BCUT2D eigenvalue weighted by Gasteiger charge is 2.44. The van der Waals surface area contributed by atoms with Crippen molar-refractivity contribution in [3.05, 3.63) is 84.2 Å². The third kappa shape index (κ3) is 16.6. The van der Waals surface area contributed by atoms with Crippen LogP contribution in [0.3, 0.4) is 0 Å². The minimum atomic E-state index is -1.49. The molecule has 0 spiro atoms. The Morgan fingerprint density at radius 1 is 0.578 bits per heavy atom. The van der Waals surface area contributed by atoms with Crippen LogP contribution in [0.25, 0.3) is 11.4 Å². The molecule has 32 nitrogen and oxygen atoms in total. The Hall–Kier alpha value is -10.3. The number of para-hydroxylation sites is 2. The Balaban J connectivity index is 0.896. The predicted molar refractivity (Wildman–Crippen MR) is 307 cm³/mol. The van der Waals surface area contributed by atoms with E-state index in [0.29, 0.717) is 17.8 Å². The van der Waals surface area contributed by atoms with Crippen molar-refractivity contribution in [2.75, 3.05) is 91.9 Å². The summed E-state index contributed by atoms with van der Waals surface area (Å²) < 4.78 is 30.3. The fraction of sp³-hybridized carbons (Fsp3) is 0.483. The molecule has 0 radical (unpaired) electrons. The lowest BCUT2D eigenvalue weighted by Gasteiger charge is -2.35. The number of hydrogen-bond donors (Lipinski definition) is 5. The zero-order valence-corrected chi connectivity index (χ0v) is 49.4. The van der Waals surface area contributed by atoms with Crippen LogP contribution in [0.15, 0.2) is 72.8 Å². The van der Waals surface area contributed by atoms with E-state index in [9.17, 15) is 72.9 Å². The molecule has 8 rings (SSSR count). The van der Waals surface area contributed by atoms with Crippen LogP contribution in [0.1, 0.15) is 79.8 Å². The first-order chi connectivity index (χ1) is 43.2. The Morgan fingerprint density at radius 2 is 1.06 bits per heavy atom. The minimum absolute atomic E-state index is 0.000496. The summed E-state index contributed by atoms with van der Waals surface area (Å²) in [6.07, 6.45) is -3.76. The van der Waals surface area contributed by atoms with E-state index in [1.807, 2.05) is 0 Å². The van der Waals surface area contributed by atoms with Gasteiger partial charge in [0.15, 0.2) is 24.6 Å². The molecule has 4 fully saturated rings. The van der Waals surface area contributed by atoms with Gasteiger partial charge in [0.25, 0.3) is 23.6 Å². The molecule has 0 unspecified atom stereocenters. The van der Waals surface area contributed by atoms with E-state index in [1.54, 1.807) is 74.5 Å². The molecular formula is C58H70N12O20. The number of carbonyl (C=O) groups is 12. The van der Waals surface area contributed by atoms with E-state index in [2.05, 4.69) is 20.8 Å². The van der Waals surface area contributed by atoms with Crippen molar-refractivity contribution in [3.8, 4) is 23.1 Å². The summed E-state index contributed by atoms with van der Waals surface area (Å²) in [6, 6.07) is 13.9. The second-order valence-electron chi connectivity index (χ2n) is 21.2. The summed E-state index contributed by atoms with van der Waals surface area (Å²) in [5, 5.41) is 43.1. The number of aromatic nitrogens is 4. The van der Waals surface area contributed by atoms with Crippen molar-refractivity contribution in [3.63, 3.8) is 0 Å². The number of likely N-dealkylation sites (tertiary alicyclic amines) is 2. The number of carboxylic acid groups (broad SMARTS) is 3. The maximum absolute atomic E-state index is 14.0. The summed E-state index contributed by atoms with van der Waals surface area (Å²) in [5.74, 6) is -8.74. The molecule has 0 bridgehead atoms. The first-order valence-corrected chi connectivity index (χ1v) is 29.3. The Bertz CT molecular complexity index is 3290. The van der Waals surface area contributed by atoms with Crippen LogP contribution >= 0.6 is 0 Å². The van der Waals surface area contributed by atoms with Crippen molar-refractivity contribution >= 4 is 71.5 Å². The number of esters is 2. The number of benzene rings is 2. The molecule has 5 atom stereocenters. The molecule has 4 aliphatic rings. The molecule has 0 aliphatic carbocycles. The number of aliphatic carboxylic acids is 2. The molecule has 32 heteroatoms. The number of rotatable bonds is 25. The van der Waals surface area contributed by atoms with E-state index < -0.39 is 121 Å². The number of nitrogens with zero attached hydrogens (tertiary/aromatic N) is 10. The van der Waals surface area contributed by atoms with Gasteiger partial charge in [-0.15, -0.1) is 0 Å². The van der Waals surface area contributed by atoms with Crippen LogP contribution in [0.4, 0.5) is 9.59 Å². The quantitative estimate of drug-likeness (QED) is 0.0449. The van der Waals surface area contributed by atoms with Crippen molar-refractivity contribution in [2.45, 2.75) is 89.1 Å². The van der Waals surface area contributed by atoms with E-state index in [4.69, 9.17) is 23.7 Å². The molecule has 0 saturated carbocycles.